The van der Waals surface area contributed by atoms with Crippen molar-refractivity contribution in [3.8, 4) is 0 Å². The van der Waals surface area contributed by atoms with Gasteiger partial charge < -0.3 is 9.88 Å². The third kappa shape index (κ3) is 4.20. The highest BCUT2D eigenvalue weighted by Gasteiger charge is 2.32. The summed E-state index contributed by atoms with van der Waals surface area (Å²) in [5, 5.41) is 0. The Morgan fingerprint density at radius 2 is 1.77 bits per heavy atom. The Bertz CT molecular complexity index is 823. The molecule has 0 bridgehead atoms. The Hall–Kier alpha value is -1.69. The minimum atomic E-state index is 0.0500. The molecule has 0 unspecified atom stereocenters. The van der Waals surface area contributed by atoms with Crippen LogP contribution in [0.5, 0.6) is 0 Å². The summed E-state index contributed by atoms with van der Waals surface area (Å²) in [4.78, 5) is 38.1. The number of nitrogens with one attached hydrogen (secondary N) is 1. The quantitative estimate of drug-likeness (QED) is 0.823. The molecule has 2 aliphatic carbocycles. The van der Waals surface area contributed by atoms with Gasteiger partial charge in [-0.25, -0.2) is 4.98 Å². The fourth-order valence-electron chi connectivity index (χ4n) is 6.23. The number of fused-ring (bicyclic) bond motifs is 1. The van der Waals surface area contributed by atoms with E-state index in [1.807, 2.05) is 4.90 Å². The topological polar surface area (TPSA) is 69.3 Å². The molecular weight excluding hydrogens is 376 g/mol. The van der Waals surface area contributed by atoms with Gasteiger partial charge in [0.15, 0.2) is 0 Å². The highest BCUT2D eigenvalue weighted by atomic mass is 16.2. The molecule has 2 aliphatic heterocycles. The minimum absolute atomic E-state index is 0.0500. The van der Waals surface area contributed by atoms with E-state index in [9.17, 15) is 9.59 Å². The second-order valence-corrected chi connectivity index (χ2v) is 10.1. The van der Waals surface area contributed by atoms with Crippen molar-refractivity contribution in [2.45, 2.75) is 95.6 Å². The first-order valence-corrected chi connectivity index (χ1v) is 12.3. The molecule has 164 valence electrons. The van der Waals surface area contributed by atoms with Gasteiger partial charge in [-0.3, -0.25) is 14.5 Å². The SMILES string of the molecule is O=C(CC1CCCC1)N1CC[C@@H](c2nc3c(c(=O)[nH]2)CCN(C2CCCCC2)C3)C1. The average molecular weight is 413 g/mol. The molecule has 3 heterocycles. The molecule has 2 saturated carbocycles. The molecule has 1 aromatic heterocycles. The molecule has 1 amide bonds. The molecule has 5 rings (SSSR count). The smallest absolute Gasteiger partial charge is 0.254 e. The lowest BCUT2D eigenvalue weighted by atomic mass is 9.92. The number of carbonyl (C=O) groups is 1. The fourth-order valence-corrected chi connectivity index (χ4v) is 6.23. The van der Waals surface area contributed by atoms with Crippen molar-refractivity contribution in [1.82, 2.24) is 19.8 Å². The third-order valence-electron chi connectivity index (χ3n) is 8.08. The minimum Gasteiger partial charge on any atom is -0.342 e. The number of likely N-dealkylation sites (tertiary alicyclic amines) is 1. The van der Waals surface area contributed by atoms with Gasteiger partial charge in [-0.15, -0.1) is 0 Å². The molecule has 6 heteroatoms. The summed E-state index contributed by atoms with van der Waals surface area (Å²) in [5.41, 5.74) is 1.92. The molecule has 6 nitrogen and oxygen atoms in total. The zero-order chi connectivity index (χ0) is 20.5. The van der Waals surface area contributed by atoms with Gasteiger partial charge in [0, 0.05) is 50.1 Å². The van der Waals surface area contributed by atoms with E-state index in [2.05, 4.69) is 9.88 Å². The highest BCUT2D eigenvalue weighted by Crippen LogP contribution is 2.31. The number of hydrogen-bond acceptors (Lipinski definition) is 4. The molecule has 3 fully saturated rings. The standard InChI is InChI=1S/C24H36N4O2/c29-22(14-17-6-4-5-7-17)28-12-10-18(15-28)23-25-21-16-27(19-8-2-1-3-9-19)13-11-20(21)24(30)26-23/h17-19H,1-16H2,(H,25,26,30)/t18-/m1/s1. The van der Waals surface area contributed by atoms with Gasteiger partial charge >= 0.3 is 0 Å². The van der Waals surface area contributed by atoms with Crippen molar-refractivity contribution in [1.29, 1.82) is 0 Å². The van der Waals surface area contributed by atoms with Crippen LogP contribution in [0.1, 0.15) is 93.6 Å². The predicted molar refractivity (Wildman–Crippen MR) is 116 cm³/mol. The van der Waals surface area contributed by atoms with Crippen molar-refractivity contribution in [3.05, 3.63) is 27.4 Å². The van der Waals surface area contributed by atoms with Crippen LogP contribution in [0.25, 0.3) is 0 Å². The van der Waals surface area contributed by atoms with Crippen molar-refractivity contribution >= 4 is 5.91 Å². The highest BCUT2D eigenvalue weighted by molar-refractivity contribution is 5.76. The monoisotopic (exact) mass is 412 g/mol. The number of H-pyrrole nitrogens is 1. The lowest BCUT2D eigenvalue weighted by molar-refractivity contribution is -0.131. The van der Waals surface area contributed by atoms with E-state index in [1.54, 1.807) is 0 Å². The summed E-state index contributed by atoms with van der Waals surface area (Å²) in [5.74, 6) is 1.86. The van der Waals surface area contributed by atoms with E-state index >= 15 is 0 Å². The Labute approximate surface area is 179 Å². The van der Waals surface area contributed by atoms with Crippen LogP contribution in [-0.2, 0) is 17.8 Å². The summed E-state index contributed by atoms with van der Waals surface area (Å²) < 4.78 is 0. The summed E-state index contributed by atoms with van der Waals surface area (Å²) in [6.07, 6.45) is 14.0. The van der Waals surface area contributed by atoms with Crippen LogP contribution in [0.3, 0.4) is 0 Å². The summed E-state index contributed by atoms with van der Waals surface area (Å²) >= 11 is 0. The maximum atomic E-state index is 12.8. The summed E-state index contributed by atoms with van der Waals surface area (Å²) in [6, 6.07) is 0.659. The van der Waals surface area contributed by atoms with Crippen LogP contribution in [0.15, 0.2) is 4.79 Å². The number of nitrogens with zero attached hydrogens (tertiary/aromatic N) is 3. The molecule has 0 spiro atoms. The number of aromatic amines is 1. The van der Waals surface area contributed by atoms with Crippen LogP contribution in [-0.4, -0.2) is 51.4 Å². The maximum absolute atomic E-state index is 12.8. The van der Waals surface area contributed by atoms with Crippen molar-refractivity contribution in [2.24, 2.45) is 5.92 Å². The summed E-state index contributed by atoms with van der Waals surface area (Å²) in [7, 11) is 0. The van der Waals surface area contributed by atoms with Gasteiger partial charge in [-0.05, 0) is 44.4 Å². The molecule has 0 aromatic carbocycles. The Morgan fingerprint density at radius 3 is 2.57 bits per heavy atom. The Morgan fingerprint density at radius 1 is 1.00 bits per heavy atom. The maximum Gasteiger partial charge on any atom is 0.254 e. The third-order valence-corrected chi connectivity index (χ3v) is 8.08. The average Bonchev–Trinajstić information content (AvgIpc) is 3.46. The molecular formula is C24H36N4O2. The zero-order valence-electron chi connectivity index (χ0n) is 18.2. The van der Waals surface area contributed by atoms with Gasteiger partial charge in [0.2, 0.25) is 5.91 Å². The largest absolute Gasteiger partial charge is 0.342 e. The number of aromatic nitrogens is 2. The molecule has 1 atom stereocenters. The number of carbonyl (C=O) groups excluding carboxylic acids is 1. The first kappa shape index (κ1) is 20.2. The second kappa shape index (κ2) is 8.81. The first-order chi connectivity index (χ1) is 14.7. The van der Waals surface area contributed by atoms with Crippen LogP contribution in [0, 0.1) is 5.92 Å². The van der Waals surface area contributed by atoms with E-state index in [-0.39, 0.29) is 11.5 Å². The first-order valence-electron chi connectivity index (χ1n) is 12.3. The molecule has 1 saturated heterocycles. The number of hydrogen-bond donors (Lipinski definition) is 1. The normalized spacial score (nSPS) is 26.3. The second-order valence-electron chi connectivity index (χ2n) is 10.1. The van der Waals surface area contributed by atoms with E-state index in [0.717, 1.165) is 49.6 Å². The van der Waals surface area contributed by atoms with Crippen molar-refractivity contribution in [2.75, 3.05) is 19.6 Å². The van der Waals surface area contributed by atoms with Crippen LogP contribution in [0.4, 0.5) is 0 Å². The zero-order valence-corrected chi connectivity index (χ0v) is 18.2. The van der Waals surface area contributed by atoms with Gasteiger partial charge in [0.1, 0.15) is 5.82 Å². The van der Waals surface area contributed by atoms with E-state index in [4.69, 9.17) is 4.98 Å². The Balaban J connectivity index is 1.26. The fraction of sp³-hybridized carbons (Fsp3) is 0.792. The Kier molecular flexibility index (Phi) is 5.94. The van der Waals surface area contributed by atoms with E-state index in [0.29, 0.717) is 30.8 Å². The van der Waals surface area contributed by atoms with Gasteiger partial charge in [0.25, 0.3) is 5.56 Å². The van der Waals surface area contributed by atoms with Crippen LogP contribution >= 0.6 is 0 Å². The van der Waals surface area contributed by atoms with E-state index < -0.39 is 0 Å². The van der Waals surface area contributed by atoms with Gasteiger partial charge in [-0.1, -0.05) is 32.1 Å². The molecule has 1 aromatic rings. The lowest BCUT2D eigenvalue weighted by Crippen LogP contribution is -2.42. The van der Waals surface area contributed by atoms with E-state index in [1.165, 1.54) is 57.8 Å². The van der Waals surface area contributed by atoms with Crippen LogP contribution in [0.2, 0.25) is 0 Å². The lowest BCUT2D eigenvalue weighted by Gasteiger charge is -2.37. The van der Waals surface area contributed by atoms with Crippen molar-refractivity contribution < 1.29 is 4.79 Å². The summed E-state index contributed by atoms with van der Waals surface area (Å²) in [6.45, 7) is 3.30. The van der Waals surface area contributed by atoms with Crippen LogP contribution < -0.4 is 5.56 Å². The molecule has 4 aliphatic rings. The molecule has 0 radical (unpaired) electrons. The number of amides is 1. The number of rotatable bonds is 4. The molecule has 30 heavy (non-hydrogen) atoms. The van der Waals surface area contributed by atoms with Gasteiger partial charge in [-0.2, -0.15) is 0 Å². The molecule has 1 N–H and O–H groups in total. The van der Waals surface area contributed by atoms with Gasteiger partial charge in [0.05, 0.1) is 5.69 Å². The predicted octanol–water partition coefficient (Wildman–Crippen LogP) is 3.36. The van der Waals surface area contributed by atoms with Crippen molar-refractivity contribution in [3.63, 3.8) is 0 Å².